The Morgan fingerprint density at radius 1 is 1.03 bits per heavy atom. The van der Waals surface area contributed by atoms with Gasteiger partial charge in [0, 0.05) is 30.9 Å². The van der Waals surface area contributed by atoms with E-state index in [1.807, 2.05) is 37.1 Å². The molecule has 1 saturated heterocycles. The number of para-hydroxylation sites is 1. The maximum absolute atomic E-state index is 13.1. The van der Waals surface area contributed by atoms with Crippen LogP contribution >= 0.6 is 0 Å². The van der Waals surface area contributed by atoms with Crippen LogP contribution in [0, 0.1) is 5.41 Å². The molecule has 0 aliphatic carbocycles. The van der Waals surface area contributed by atoms with E-state index in [2.05, 4.69) is 19.9 Å². The zero-order valence-electron chi connectivity index (χ0n) is 21.0. The molecule has 3 rings (SSSR count). The number of fused-ring (bicyclic) bond motifs is 1. The summed E-state index contributed by atoms with van der Waals surface area (Å²) in [6.07, 6.45) is 3.84. The Labute approximate surface area is 200 Å². The molecule has 182 valence electrons. The van der Waals surface area contributed by atoms with Gasteiger partial charge in [0.05, 0.1) is 12.0 Å². The fraction of sp³-hybridized carbons (Fsp3) is 0.462. The normalized spacial score (nSPS) is 20.4. The molecule has 0 bridgehead atoms. The number of ether oxygens (including phenoxy) is 1. The first kappa shape index (κ1) is 25.2. The van der Waals surface area contributed by atoms with Crippen LogP contribution in [0.3, 0.4) is 0 Å². The summed E-state index contributed by atoms with van der Waals surface area (Å²) in [4.78, 5) is 54.6. The molecule has 0 atom stereocenters. The third-order valence-electron chi connectivity index (χ3n) is 6.86. The largest absolute Gasteiger partial charge is 0.463 e. The molecule has 1 fully saturated rings. The van der Waals surface area contributed by atoms with E-state index in [0.29, 0.717) is 6.42 Å². The van der Waals surface area contributed by atoms with Gasteiger partial charge in [-0.3, -0.25) is 24.2 Å². The van der Waals surface area contributed by atoms with Crippen LogP contribution in [-0.2, 0) is 24.5 Å². The van der Waals surface area contributed by atoms with E-state index in [1.54, 1.807) is 19.9 Å². The van der Waals surface area contributed by atoms with Crippen molar-refractivity contribution in [1.29, 1.82) is 0 Å². The van der Waals surface area contributed by atoms with Crippen LogP contribution in [0.4, 0.5) is 10.5 Å². The maximum Gasteiger partial charge on any atom is 0.333 e. The first-order valence-corrected chi connectivity index (χ1v) is 11.4. The van der Waals surface area contributed by atoms with Gasteiger partial charge in [-0.25, -0.2) is 4.79 Å². The molecule has 0 saturated carbocycles. The molecule has 0 unspecified atom stereocenters. The Hall–Kier alpha value is -3.42. The first-order chi connectivity index (χ1) is 15.8. The highest BCUT2D eigenvalue weighted by molar-refractivity contribution is 6.28. The van der Waals surface area contributed by atoms with Crippen LogP contribution in [0.25, 0.3) is 0 Å². The number of amides is 4. The molecule has 1 aromatic carbocycles. The topological polar surface area (TPSA) is 87.2 Å². The number of nitrogens with zero attached hydrogens (tertiary/aromatic N) is 3. The summed E-state index contributed by atoms with van der Waals surface area (Å²) in [5, 5.41) is 0. The summed E-state index contributed by atoms with van der Waals surface area (Å²) in [6, 6.07) is 7.30. The van der Waals surface area contributed by atoms with Crippen molar-refractivity contribution in [1.82, 2.24) is 9.80 Å². The second-order valence-electron chi connectivity index (χ2n) is 9.81. The number of allylic oxidation sites excluding steroid dienone is 3. The monoisotopic (exact) mass is 467 g/mol. The van der Waals surface area contributed by atoms with Gasteiger partial charge in [0.2, 0.25) is 0 Å². The van der Waals surface area contributed by atoms with Crippen LogP contribution in [0.2, 0.25) is 0 Å². The summed E-state index contributed by atoms with van der Waals surface area (Å²) in [5.41, 5.74) is 2.03. The van der Waals surface area contributed by atoms with Gasteiger partial charge in [-0.15, -0.1) is 0 Å². The quantitative estimate of drug-likeness (QED) is 0.361. The van der Waals surface area contributed by atoms with Crippen LogP contribution in [0.15, 0.2) is 47.7 Å². The summed E-state index contributed by atoms with van der Waals surface area (Å²) < 4.78 is 5.29. The van der Waals surface area contributed by atoms with E-state index >= 15 is 0 Å². The molecule has 34 heavy (non-hydrogen) atoms. The zero-order chi connectivity index (χ0) is 25.4. The lowest BCUT2D eigenvalue weighted by Crippen LogP contribution is -2.55. The Morgan fingerprint density at radius 3 is 2.29 bits per heavy atom. The van der Waals surface area contributed by atoms with Crippen molar-refractivity contribution in [3.63, 3.8) is 0 Å². The molecule has 4 amide bonds. The molecule has 0 spiro atoms. The fourth-order valence-electron chi connectivity index (χ4n) is 4.15. The SMILES string of the molecule is CCC(C)(C)C(=O)OCCN1C(=O)/C(=C/C=C2\N(C)c3ccccc3C2(C)C)C(=O)N(C)C1=O. The van der Waals surface area contributed by atoms with Crippen molar-refractivity contribution in [2.75, 3.05) is 32.1 Å². The molecule has 8 nitrogen and oxygen atoms in total. The molecule has 0 N–H and O–H groups in total. The molecule has 2 aliphatic heterocycles. The number of imide groups is 2. The van der Waals surface area contributed by atoms with E-state index in [0.717, 1.165) is 26.7 Å². The number of esters is 1. The van der Waals surface area contributed by atoms with Crippen LogP contribution < -0.4 is 4.90 Å². The molecule has 1 aromatic rings. The summed E-state index contributed by atoms with van der Waals surface area (Å²) in [5.74, 6) is -1.77. The van der Waals surface area contributed by atoms with Crippen molar-refractivity contribution in [2.45, 2.75) is 46.5 Å². The second kappa shape index (κ2) is 9.08. The van der Waals surface area contributed by atoms with Crippen LogP contribution in [0.5, 0.6) is 0 Å². The lowest BCUT2D eigenvalue weighted by Gasteiger charge is -2.32. The van der Waals surface area contributed by atoms with Gasteiger partial charge < -0.3 is 9.64 Å². The second-order valence-corrected chi connectivity index (χ2v) is 9.81. The van der Waals surface area contributed by atoms with Crippen LogP contribution in [0.1, 0.15) is 46.6 Å². The van der Waals surface area contributed by atoms with Crippen molar-refractivity contribution < 1.29 is 23.9 Å². The van der Waals surface area contributed by atoms with E-state index in [4.69, 9.17) is 4.74 Å². The standard InChI is InChI=1S/C26H33N3O5/c1-8-25(2,3)23(32)34-16-15-29-22(31)17(21(30)28(7)24(29)33)13-14-20-26(4,5)18-11-9-10-12-19(18)27(20)6/h9-14H,8,15-16H2,1-7H3/b17-13+,20-14-. The van der Waals surface area contributed by atoms with Crippen molar-refractivity contribution in [3.8, 4) is 0 Å². The van der Waals surface area contributed by atoms with Gasteiger partial charge >= 0.3 is 12.0 Å². The number of likely N-dealkylation sites (N-methyl/N-ethyl adjacent to an activating group) is 2. The predicted molar refractivity (Wildman–Crippen MR) is 129 cm³/mol. The minimum absolute atomic E-state index is 0.116. The molecule has 2 aliphatic rings. The summed E-state index contributed by atoms with van der Waals surface area (Å²) in [6.45, 7) is 9.32. The lowest BCUT2D eigenvalue weighted by molar-refractivity contribution is -0.155. The first-order valence-electron chi connectivity index (χ1n) is 11.4. The van der Waals surface area contributed by atoms with Crippen molar-refractivity contribution >= 4 is 29.5 Å². The average Bonchev–Trinajstić information content (AvgIpc) is 3.00. The van der Waals surface area contributed by atoms with Gasteiger partial charge in [-0.2, -0.15) is 0 Å². The predicted octanol–water partition coefficient (Wildman–Crippen LogP) is 3.62. The van der Waals surface area contributed by atoms with Gasteiger partial charge in [-0.05, 0) is 44.1 Å². The number of anilines is 1. The number of hydrogen-bond donors (Lipinski definition) is 0. The Balaban J connectivity index is 1.84. The Morgan fingerprint density at radius 2 is 1.68 bits per heavy atom. The van der Waals surface area contributed by atoms with Gasteiger partial charge in [0.15, 0.2) is 0 Å². The van der Waals surface area contributed by atoms with Crippen molar-refractivity contribution in [3.05, 3.63) is 53.3 Å². The molecular weight excluding hydrogens is 434 g/mol. The van der Waals surface area contributed by atoms with Crippen molar-refractivity contribution in [2.24, 2.45) is 5.41 Å². The number of benzene rings is 1. The highest BCUT2D eigenvalue weighted by Gasteiger charge is 2.41. The number of barbiturate groups is 1. The smallest absolute Gasteiger partial charge is 0.333 e. The number of urea groups is 1. The summed E-state index contributed by atoms with van der Waals surface area (Å²) in [7, 11) is 3.27. The molecule has 0 aromatic heterocycles. The third-order valence-corrected chi connectivity index (χ3v) is 6.86. The minimum atomic E-state index is -0.740. The van der Waals surface area contributed by atoms with Gasteiger partial charge in [0.1, 0.15) is 12.2 Å². The van der Waals surface area contributed by atoms with Gasteiger partial charge in [0.25, 0.3) is 11.8 Å². The molecular formula is C26H33N3O5. The van der Waals surface area contributed by atoms with Crippen LogP contribution in [-0.4, -0.2) is 60.9 Å². The summed E-state index contributed by atoms with van der Waals surface area (Å²) >= 11 is 0. The van der Waals surface area contributed by atoms with Gasteiger partial charge in [-0.1, -0.05) is 39.0 Å². The Kier molecular flexibility index (Phi) is 6.73. The number of carbonyl (C=O) groups excluding carboxylic acids is 4. The third kappa shape index (κ3) is 4.24. The number of carbonyl (C=O) groups is 4. The Bertz CT molecular complexity index is 1100. The number of hydrogen-bond acceptors (Lipinski definition) is 6. The fourth-order valence-corrected chi connectivity index (χ4v) is 4.15. The average molecular weight is 468 g/mol. The minimum Gasteiger partial charge on any atom is -0.463 e. The highest BCUT2D eigenvalue weighted by Crippen LogP contribution is 2.46. The van der Waals surface area contributed by atoms with E-state index in [9.17, 15) is 19.2 Å². The maximum atomic E-state index is 13.1. The van der Waals surface area contributed by atoms with E-state index < -0.39 is 29.2 Å². The molecule has 8 heteroatoms. The molecule has 0 radical (unpaired) electrons. The lowest BCUT2D eigenvalue weighted by atomic mass is 9.83. The zero-order valence-corrected chi connectivity index (χ0v) is 21.0. The van der Waals surface area contributed by atoms with E-state index in [-0.39, 0.29) is 24.1 Å². The van der Waals surface area contributed by atoms with E-state index in [1.165, 1.54) is 13.1 Å². The highest BCUT2D eigenvalue weighted by atomic mass is 16.5. The molecule has 2 heterocycles. The number of rotatable bonds is 6.